The second kappa shape index (κ2) is 9.32. The average Bonchev–Trinajstić information content (AvgIpc) is 2.67. The molecule has 0 spiro atoms. The molecule has 1 aliphatic rings. The van der Waals surface area contributed by atoms with Gasteiger partial charge in [0.1, 0.15) is 17.9 Å². The lowest BCUT2D eigenvalue weighted by Crippen LogP contribution is -2.54. The van der Waals surface area contributed by atoms with Gasteiger partial charge in [0.2, 0.25) is 0 Å². The molecule has 0 aliphatic carbocycles. The van der Waals surface area contributed by atoms with E-state index in [-0.39, 0.29) is 11.3 Å². The first kappa shape index (κ1) is 22.5. The van der Waals surface area contributed by atoms with E-state index in [0.29, 0.717) is 27.4 Å². The molecule has 0 bridgehead atoms. The Morgan fingerprint density at radius 3 is 2.63 bits per heavy atom. The fraction of sp³-hybridized carbons (Fsp3) is 0.0952. The third kappa shape index (κ3) is 4.60. The van der Waals surface area contributed by atoms with E-state index in [4.69, 9.17) is 16.3 Å². The number of hydrogen-bond acceptors (Lipinski definition) is 4. The molecule has 2 aromatic carbocycles. The van der Waals surface area contributed by atoms with Gasteiger partial charge in [-0.1, -0.05) is 30.3 Å². The highest BCUT2D eigenvalue weighted by Gasteiger charge is 2.37. The number of halogens is 3. The van der Waals surface area contributed by atoms with Gasteiger partial charge < -0.3 is 4.74 Å². The molecule has 0 aromatic heterocycles. The normalized spacial score (nSPS) is 15.4. The molecule has 9 heteroatoms. The van der Waals surface area contributed by atoms with Crippen molar-refractivity contribution >= 4 is 79.7 Å². The quantitative estimate of drug-likeness (QED) is 0.220. The molecule has 1 saturated heterocycles. The first-order valence-corrected chi connectivity index (χ1v) is 10.9. The second-order valence-corrected chi connectivity index (χ2v) is 8.73. The number of benzene rings is 2. The Kier molecular flexibility index (Phi) is 6.99. The summed E-state index contributed by atoms with van der Waals surface area (Å²) in [6.45, 7) is 5.77. The van der Waals surface area contributed by atoms with Crippen molar-refractivity contribution in [3.05, 3.63) is 72.8 Å². The van der Waals surface area contributed by atoms with E-state index in [9.17, 15) is 14.4 Å². The number of barbiturate groups is 1. The highest BCUT2D eigenvalue weighted by molar-refractivity contribution is 14.1. The first-order chi connectivity index (χ1) is 14.2. The van der Waals surface area contributed by atoms with Crippen LogP contribution in [-0.4, -0.2) is 24.5 Å². The van der Waals surface area contributed by atoms with Crippen molar-refractivity contribution in [3.63, 3.8) is 0 Å². The lowest BCUT2D eigenvalue weighted by atomic mass is 10.1. The monoisotopic (exact) mass is 600 g/mol. The number of rotatable bonds is 5. The maximum absolute atomic E-state index is 13.0. The molecular weight excluding hydrogens is 587 g/mol. The van der Waals surface area contributed by atoms with Crippen LogP contribution in [0, 0.1) is 10.5 Å². The van der Waals surface area contributed by atoms with Crippen LogP contribution < -0.4 is 15.0 Å². The topological polar surface area (TPSA) is 75.7 Å². The zero-order chi connectivity index (χ0) is 22.0. The minimum absolute atomic E-state index is 0.172. The van der Waals surface area contributed by atoms with Gasteiger partial charge in [-0.25, -0.2) is 9.69 Å². The third-order valence-electron chi connectivity index (χ3n) is 4.19. The average molecular weight is 602 g/mol. The lowest BCUT2D eigenvalue weighted by Gasteiger charge is -2.26. The van der Waals surface area contributed by atoms with Gasteiger partial charge in [-0.3, -0.25) is 14.9 Å². The number of nitrogens with zero attached hydrogens (tertiary/aromatic N) is 1. The van der Waals surface area contributed by atoms with Crippen LogP contribution >= 0.6 is 50.1 Å². The van der Waals surface area contributed by atoms with E-state index in [0.717, 1.165) is 14.0 Å². The van der Waals surface area contributed by atoms with Gasteiger partial charge >= 0.3 is 6.03 Å². The summed E-state index contributed by atoms with van der Waals surface area (Å²) in [5.74, 6) is -0.873. The van der Waals surface area contributed by atoms with Gasteiger partial charge in [-0.05, 0) is 86.9 Å². The summed E-state index contributed by atoms with van der Waals surface area (Å²) in [6, 6.07) is 7.45. The number of amides is 4. The third-order valence-corrected chi connectivity index (χ3v) is 5.99. The molecule has 0 unspecified atom stereocenters. The van der Waals surface area contributed by atoms with Crippen LogP contribution in [0.25, 0.3) is 6.08 Å². The van der Waals surface area contributed by atoms with Gasteiger partial charge in [-0.15, -0.1) is 0 Å². The summed E-state index contributed by atoms with van der Waals surface area (Å²) in [4.78, 5) is 38.6. The smallest absolute Gasteiger partial charge is 0.335 e. The fourth-order valence-electron chi connectivity index (χ4n) is 2.72. The van der Waals surface area contributed by atoms with Crippen molar-refractivity contribution in [2.24, 2.45) is 0 Å². The molecule has 6 nitrogen and oxygen atoms in total. The number of urea groups is 1. The van der Waals surface area contributed by atoms with E-state index >= 15 is 0 Å². The van der Waals surface area contributed by atoms with Crippen LogP contribution in [0.5, 0.6) is 5.75 Å². The van der Waals surface area contributed by atoms with Gasteiger partial charge in [0, 0.05) is 5.02 Å². The van der Waals surface area contributed by atoms with Crippen LogP contribution in [0.4, 0.5) is 10.5 Å². The van der Waals surface area contributed by atoms with Gasteiger partial charge in [-0.2, -0.15) is 0 Å². The van der Waals surface area contributed by atoms with Crippen LogP contribution in [0.3, 0.4) is 0 Å². The summed E-state index contributed by atoms with van der Waals surface area (Å²) in [5.41, 5.74) is 1.49. The number of imide groups is 2. The molecule has 1 fully saturated rings. The number of hydrogen-bond donors (Lipinski definition) is 1. The molecule has 3 rings (SSSR count). The van der Waals surface area contributed by atoms with Crippen molar-refractivity contribution in [1.29, 1.82) is 0 Å². The van der Waals surface area contributed by atoms with Crippen LogP contribution in [-0.2, 0) is 9.59 Å². The number of nitrogens with one attached hydrogen (secondary N) is 1. The summed E-state index contributed by atoms with van der Waals surface area (Å²) < 4.78 is 7.04. The van der Waals surface area contributed by atoms with E-state index in [1.807, 2.05) is 0 Å². The van der Waals surface area contributed by atoms with Crippen LogP contribution in [0.2, 0.25) is 5.02 Å². The molecule has 0 radical (unpaired) electrons. The van der Waals surface area contributed by atoms with Crippen molar-refractivity contribution in [3.8, 4) is 5.75 Å². The Morgan fingerprint density at radius 2 is 2.00 bits per heavy atom. The molecule has 0 saturated carbocycles. The van der Waals surface area contributed by atoms with Gasteiger partial charge in [0.15, 0.2) is 0 Å². The Labute approximate surface area is 200 Å². The fourth-order valence-corrected chi connectivity index (χ4v) is 4.67. The first-order valence-electron chi connectivity index (χ1n) is 8.63. The molecule has 1 aliphatic heterocycles. The number of aryl methyl sites for hydroxylation is 1. The molecule has 0 atom stereocenters. The number of anilines is 1. The number of carbonyl (C=O) groups excluding carboxylic acids is 3. The van der Waals surface area contributed by atoms with E-state index < -0.39 is 17.8 Å². The summed E-state index contributed by atoms with van der Waals surface area (Å²) in [6.07, 6.45) is 3.06. The molecule has 30 heavy (non-hydrogen) atoms. The predicted octanol–water partition coefficient (Wildman–Crippen LogP) is 5.25. The molecule has 1 heterocycles. The predicted molar refractivity (Wildman–Crippen MR) is 128 cm³/mol. The Hall–Kier alpha value is -2.17. The largest absolute Gasteiger partial charge is 0.487 e. The molecule has 1 N–H and O–H groups in total. The van der Waals surface area contributed by atoms with Crippen molar-refractivity contribution in [2.45, 2.75) is 6.92 Å². The number of ether oxygens (including phenoxy) is 1. The van der Waals surface area contributed by atoms with Crippen molar-refractivity contribution in [2.75, 3.05) is 11.5 Å². The maximum atomic E-state index is 13.0. The minimum Gasteiger partial charge on any atom is -0.487 e. The number of carbonyl (C=O) groups is 3. The Bertz CT molecular complexity index is 1090. The molecule has 4 amide bonds. The van der Waals surface area contributed by atoms with Crippen molar-refractivity contribution in [1.82, 2.24) is 5.32 Å². The SMILES string of the molecule is C=CCOc1c(Br)cc(/C=C2/C(=O)NC(=O)N(c3ccc(C)c(Cl)c3)C2=O)cc1I. The second-order valence-electron chi connectivity index (χ2n) is 6.30. The molecular formula is C21H15BrClIN2O4. The van der Waals surface area contributed by atoms with Gasteiger partial charge in [0.05, 0.1) is 13.7 Å². The molecule has 2 aromatic rings. The van der Waals surface area contributed by atoms with Crippen LogP contribution in [0.15, 0.2) is 53.0 Å². The van der Waals surface area contributed by atoms with Gasteiger partial charge in [0.25, 0.3) is 11.8 Å². The van der Waals surface area contributed by atoms with Crippen LogP contribution in [0.1, 0.15) is 11.1 Å². The van der Waals surface area contributed by atoms with Crippen molar-refractivity contribution < 1.29 is 19.1 Å². The molecule has 154 valence electrons. The maximum Gasteiger partial charge on any atom is 0.335 e. The summed E-state index contributed by atoms with van der Waals surface area (Å²) in [7, 11) is 0. The Balaban J connectivity index is 2.00. The zero-order valence-corrected chi connectivity index (χ0v) is 20.2. The summed E-state index contributed by atoms with van der Waals surface area (Å²) in [5, 5.41) is 2.60. The van der Waals surface area contributed by atoms with E-state index in [2.05, 4.69) is 50.4 Å². The Morgan fingerprint density at radius 1 is 1.27 bits per heavy atom. The summed E-state index contributed by atoms with van der Waals surface area (Å²) >= 11 is 11.7. The highest BCUT2D eigenvalue weighted by atomic mass is 127. The minimum atomic E-state index is -0.828. The lowest BCUT2D eigenvalue weighted by molar-refractivity contribution is -0.122. The highest BCUT2D eigenvalue weighted by Crippen LogP contribution is 2.33. The standard InChI is InChI=1S/C21H15BrClIN2O4/c1-3-6-30-18-15(22)8-12(9-17(18)24)7-14-19(27)25-21(29)26(20(14)28)13-5-4-11(2)16(23)10-13/h3-5,7-10H,1,6H2,2H3,(H,25,27,29)/b14-7-. The van der Waals surface area contributed by atoms with E-state index in [1.165, 1.54) is 12.1 Å². The van der Waals surface area contributed by atoms with E-state index in [1.54, 1.807) is 37.3 Å². The zero-order valence-electron chi connectivity index (χ0n) is 15.7.